The summed E-state index contributed by atoms with van der Waals surface area (Å²) < 4.78 is 0.869. The number of thiocarbonyl (C=S) groups is 1. The molecule has 0 spiro atoms. The SMILES string of the molecule is Cc1cccc(C(=O)NC2CCN(CC(N)=S)CC2)c1Br. The number of carbonyl (C=O) groups excluding carboxylic acids is 1. The minimum atomic E-state index is -0.0154. The quantitative estimate of drug-likeness (QED) is 0.799. The maximum Gasteiger partial charge on any atom is 0.252 e. The third kappa shape index (κ3) is 4.49. The van der Waals surface area contributed by atoms with Gasteiger partial charge in [-0.1, -0.05) is 24.4 Å². The second-order valence-electron chi connectivity index (χ2n) is 5.43. The summed E-state index contributed by atoms with van der Waals surface area (Å²) in [6.07, 6.45) is 1.86. The molecular formula is C15H20BrN3OS. The normalized spacial score (nSPS) is 16.7. The number of hydrogen-bond donors (Lipinski definition) is 2. The van der Waals surface area contributed by atoms with Crippen molar-refractivity contribution in [2.24, 2.45) is 5.73 Å². The summed E-state index contributed by atoms with van der Waals surface area (Å²) in [5.41, 5.74) is 7.32. The maximum absolute atomic E-state index is 12.3. The molecule has 2 rings (SSSR count). The maximum atomic E-state index is 12.3. The summed E-state index contributed by atoms with van der Waals surface area (Å²) in [6, 6.07) is 5.94. The number of aryl methyl sites for hydroxylation is 1. The summed E-state index contributed by atoms with van der Waals surface area (Å²) in [4.78, 5) is 15.1. The first-order valence-electron chi connectivity index (χ1n) is 7.04. The lowest BCUT2D eigenvalue weighted by Gasteiger charge is -2.32. The van der Waals surface area contributed by atoms with Gasteiger partial charge in [0.15, 0.2) is 0 Å². The fraction of sp³-hybridized carbons (Fsp3) is 0.467. The van der Waals surface area contributed by atoms with Crippen LogP contribution in [0.15, 0.2) is 22.7 Å². The number of piperidine rings is 1. The molecule has 0 radical (unpaired) electrons. The van der Waals surface area contributed by atoms with Crippen molar-refractivity contribution in [1.29, 1.82) is 0 Å². The van der Waals surface area contributed by atoms with E-state index in [0.29, 0.717) is 17.1 Å². The lowest BCUT2D eigenvalue weighted by atomic mass is 10.0. The number of nitrogens with two attached hydrogens (primary N) is 1. The zero-order chi connectivity index (χ0) is 15.4. The van der Waals surface area contributed by atoms with Gasteiger partial charge in [-0.15, -0.1) is 0 Å². The summed E-state index contributed by atoms with van der Waals surface area (Å²) in [5, 5.41) is 3.12. The Bertz CT molecular complexity index is 542. The average molecular weight is 370 g/mol. The fourth-order valence-electron chi connectivity index (χ4n) is 2.54. The summed E-state index contributed by atoms with van der Waals surface area (Å²) in [5.74, 6) is -0.0154. The molecule has 6 heteroatoms. The highest BCUT2D eigenvalue weighted by atomic mass is 79.9. The number of nitrogens with zero attached hydrogens (tertiary/aromatic N) is 1. The van der Waals surface area contributed by atoms with E-state index >= 15 is 0 Å². The van der Waals surface area contributed by atoms with E-state index in [1.54, 1.807) is 0 Å². The Kier molecular flexibility index (Phi) is 5.72. The largest absolute Gasteiger partial charge is 0.392 e. The van der Waals surface area contributed by atoms with Crippen LogP contribution in [0.4, 0.5) is 0 Å². The van der Waals surface area contributed by atoms with Crippen LogP contribution in [0.25, 0.3) is 0 Å². The van der Waals surface area contributed by atoms with Crippen molar-refractivity contribution in [3.8, 4) is 0 Å². The molecule has 1 saturated heterocycles. The number of nitrogens with one attached hydrogen (secondary N) is 1. The van der Waals surface area contributed by atoms with Gasteiger partial charge >= 0.3 is 0 Å². The Morgan fingerprint density at radius 3 is 2.76 bits per heavy atom. The number of likely N-dealkylation sites (tertiary alicyclic amines) is 1. The molecule has 0 aromatic heterocycles. The van der Waals surface area contributed by atoms with Crippen LogP contribution in [0.5, 0.6) is 0 Å². The standard InChI is InChI=1S/C15H20BrN3OS/c1-10-3-2-4-12(14(10)16)15(20)18-11-5-7-19(8-6-11)9-13(17)21/h2-4,11H,5-9H2,1H3,(H2,17,21)(H,18,20). The molecule has 3 N–H and O–H groups in total. The van der Waals surface area contributed by atoms with Gasteiger partial charge in [0, 0.05) is 30.1 Å². The van der Waals surface area contributed by atoms with Crippen molar-refractivity contribution in [1.82, 2.24) is 10.2 Å². The lowest BCUT2D eigenvalue weighted by Crippen LogP contribution is -2.46. The molecule has 21 heavy (non-hydrogen) atoms. The molecule has 4 nitrogen and oxygen atoms in total. The van der Waals surface area contributed by atoms with Crippen LogP contribution in [0, 0.1) is 6.92 Å². The first kappa shape index (κ1) is 16.4. The van der Waals surface area contributed by atoms with Crippen LogP contribution in [0.3, 0.4) is 0 Å². The monoisotopic (exact) mass is 369 g/mol. The van der Waals surface area contributed by atoms with Gasteiger partial charge in [0.1, 0.15) is 0 Å². The van der Waals surface area contributed by atoms with Crippen LogP contribution in [-0.2, 0) is 0 Å². The predicted molar refractivity (Wildman–Crippen MR) is 92.6 cm³/mol. The van der Waals surface area contributed by atoms with Gasteiger partial charge in [-0.25, -0.2) is 0 Å². The highest BCUT2D eigenvalue weighted by Gasteiger charge is 2.22. The van der Waals surface area contributed by atoms with Crippen LogP contribution in [0.2, 0.25) is 0 Å². The molecule has 0 bridgehead atoms. The van der Waals surface area contributed by atoms with Gasteiger partial charge in [-0.05, 0) is 47.3 Å². The second kappa shape index (κ2) is 7.33. The fourth-order valence-corrected chi connectivity index (χ4v) is 3.17. The minimum absolute atomic E-state index is 0.0154. The van der Waals surface area contributed by atoms with E-state index in [9.17, 15) is 4.79 Å². The molecule has 114 valence electrons. The first-order chi connectivity index (χ1) is 9.97. The third-order valence-corrected chi connectivity index (χ3v) is 4.92. The zero-order valence-corrected chi connectivity index (χ0v) is 14.5. The molecule has 1 aliphatic heterocycles. The van der Waals surface area contributed by atoms with Crippen LogP contribution in [0.1, 0.15) is 28.8 Å². The Balaban J connectivity index is 1.90. The molecular weight excluding hydrogens is 350 g/mol. The number of rotatable bonds is 4. The molecule has 1 aromatic rings. The highest BCUT2D eigenvalue weighted by Crippen LogP contribution is 2.21. The van der Waals surface area contributed by atoms with Gasteiger partial charge in [0.25, 0.3) is 5.91 Å². The van der Waals surface area contributed by atoms with Crippen LogP contribution >= 0.6 is 28.1 Å². The first-order valence-corrected chi connectivity index (χ1v) is 8.24. The van der Waals surface area contributed by atoms with Gasteiger partial charge in [0.2, 0.25) is 0 Å². The van der Waals surface area contributed by atoms with E-state index in [0.717, 1.165) is 36.0 Å². The molecule has 1 aromatic carbocycles. The van der Waals surface area contributed by atoms with E-state index < -0.39 is 0 Å². The van der Waals surface area contributed by atoms with E-state index in [1.807, 2.05) is 25.1 Å². The number of halogens is 1. The van der Waals surface area contributed by atoms with Crippen LogP contribution in [-0.4, -0.2) is 41.5 Å². The number of carbonyl (C=O) groups is 1. The van der Waals surface area contributed by atoms with E-state index in [4.69, 9.17) is 18.0 Å². The van der Waals surface area contributed by atoms with Crippen molar-refractivity contribution in [2.45, 2.75) is 25.8 Å². The molecule has 1 amide bonds. The van der Waals surface area contributed by atoms with Gasteiger partial charge in [-0.3, -0.25) is 9.69 Å². The Hall–Kier alpha value is -0.980. The minimum Gasteiger partial charge on any atom is -0.392 e. The summed E-state index contributed by atoms with van der Waals surface area (Å²) >= 11 is 8.41. The average Bonchev–Trinajstić information content (AvgIpc) is 2.43. The molecule has 0 aliphatic carbocycles. The van der Waals surface area contributed by atoms with Crippen molar-refractivity contribution >= 4 is 39.0 Å². The molecule has 1 heterocycles. The molecule has 0 saturated carbocycles. The van der Waals surface area contributed by atoms with Gasteiger partial charge < -0.3 is 11.1 Å². The van der Waals surface area contributed by atoms with E-state index in [1.165, 1.54) is 0 Å². The number of amides is 1. The van der Waals surface area contributed by atoms with E-state index in [2.05, 4.69) is 26.1 Å². The van der Waals surface area contributed by atoms with Gasteiger partial charge in [0.05, 0.1) is 10.6 Å². The van der Waals surface area contributed by atoms with E-state index in [-0.39, 0.29) is 11.9 Å². The van der Waals surface area contributed by atoms with Crippen molar-refractivity contribution in [3.05, 3.63) is 33.8 Å². The van der Waals surface area contributed by atoms with Gasteiger partial charge in [-0.2, -0.15) is 0 Å². The Labute approximate surface area is 139 Å². The predicted octanol–water partition coefficient (Wildman–Crippen LogP) is 2.24. The van der Waals surface area contributed by atoms with Crippen molar-refractivity contribution < 1.29 is 4.79 Å². The number of hydrogen-bond acceptors (Lipinski definition) is 3. The van der Waals surface area contributed by atoms with Crippen LogP contribution < -0.4 is 11.1 Å². The van der Waals surface area contributed by atoms with Crippen molar-refractivity contribution in [3.63, 3.8) is 0 Å². The smallest absolute Gasteiger partial charge is 0.252 e. The molecule has 0 unspecified atom stereocenters. The lowest BCUT2D eigenvalue weighted by molar-refractivity contribution is 0.0914. The topological polar surface area (TPSA) is 58.4 Å². The summed E-state index contributed by atoms with van der Waals surface area (Å²) in [7, 11) is 0. The number of benzene rings is 1. The van der Waals surface area contributed by atoms with Crippen molar-refractivity contribution in [2.75, 3.05) is 19.6 Å². The highest BCUT2D eigenvalue weighted by molar-refractivity contribution is 9.10. The Morgan fingerprint density at radius 2 is 2.14 bits per heavy atom. The Morgan fingerprint density at radius 1 is 1.48 bits per heavy atom. The molecule has 1 aliphatic rings. The zero-order valence-electron chi connectivity index (χ0n) is 12.1. The molecule has 0 atom stereocenters. The summed E-state index contributed by atoms with van der Waals surface area (Å²) in [6.45, 7) is 4.48. The third-order valence-electron chi connectivity index (χ3n) is 3.74. The second-order valence-corrected chi connectivity index (χ2v) is 6.74. The molecule has 1 fully saturated rings.